The number of allylic oxidation sites excluding steroid dienone is 5. The molecule has 14 heteroatoms. The zero-order chi connectivity index (χ0) is 37.9. The molecule has 51 heavy (non-hydrogen) atoms. The number of rotatable bonds is 30. The largest absolute Gasteiger partial charge is 0.397 e. The summed E-state index contributed by atoms with van der Waals surface area (Å²) in [6.07, 6.45) is 18.5. The second kappa shape index (κ2) is 28.7. The minimum Gasteiger partial charge on any atom is -0.394 e. The Morgan fingerprint density at radius 3 is 1.88 bits per heavy atom. The Labute approximate surface area is 306 Å². The Hall–Kier alpha value is -1.72. The van der Waals surface area contributed by atoms with Crippen LogP contribution in [0.25, 0.3) is 0 Å². The summed E-state index contributed by atoms with van der Waals surface area (Å²) >= 11 is 0. The van der Waals surface area contributed by atoms with Crippen molar-refractivity contribution in [2.24, 2.45) is 0 Å². The Morgan fingerprint density at radius 1 is 0.824 bits per heavy atom. The average molecular weight is 750 g/mol. The van der Waals surface area contributed by atoms with E-state index in [1.807, 2.05) is 19.1 Å². The minimum atomic E-state index is -5.11. The van der Waals surface area contributed by atoms with Gasteiger partial charge < -0.3 is 40.3 Å². The lowest BCUT2D eigenvalue weighted by molar-refractivity contribution is -0.298. The van der Waals surface area contributed by atoms with Crippen molar-refractivity contribution in [1.82, 2.24) is 5.32 Å². The Kier molecular flexibility index (Phi) is 26.7. The van der Waals surface area contributed by atoms with Crippen LogP contribution in [0.1, 0.15) is 129 Å². The summed E-state index contributed by atoms with van der Waals surface area (Å²) in [6, 6.07) is -1.14. The molecular formula is C37H67NO12S. The number of aliphatic hydroxyl groups is 5. The van der Waals surface area contributed by atoms with Gasteiger partial charge >= 0.3 is 10.4 Å². The number of carbonyl (C=O) groups excluding carboxylic acids is 1. The van der Waals surface area contributed by atoms with Gasteiger partial charge in [0.15, 0.2) is 6.29 Å². The number of unbranched alkanes of at least 4 members (excludes halogenated alkanes) is 14. The molecule has 0 aromatic rings. The molecule has 0 aromatic carbocycles. The lowest BCUT2D eigenvalue weighted by atomic mass is 9.99. The minimum absolute atomic E-state index is 0.235. The van der Waals surface area contributed by atoms with Crippen LogP contribution in [0.15, 0.2) is 36.5 Å². The maximum Gasteiger partial charge on any atom is 0.397 e. The van der Waals surface area contributed by atoms with Gasteiger partial charge in [0.1, 0.15) is 30.5 Å². The van der Waals surface area contributed by atoms with Crippen molar-refractivity contribution in [3.8, 4) is 0 Å². The molecule has 0 saturated carbocycles. The summed E-state index contributed by atoms with van der Waals surface area (Å²) in [7, 11) is -5.11. The molecular weight excluding hydrogens is 682 g/mol. The average Bonchev–Trinajstić information content (AvgIpc) is 3.09. The SMILES string of the molecule is C/C=C/CC/C=C/CC/C=C/C(O)C(COC1OC(CO)C(O)C(OS(=O)(=O)O)C1O)NC(=O)C(O)CCCCCCCCCCCCCCC. The molecule has 13 nitrogen and oxygen atoms in total. The van der Waals surface area contributed by atoms with Crippen LogP contribution in [-0.2, 0) is 28.9 Å². The third-order valence-electron chi connectivity index (χ3n) is 8.85. The summed E-state index contributed by atoms with van der Waals surface area (Å²) < 4.78 is 47.1. The van der Waals surface area contributed by atoms with E-state index in [9.17, 15) is 38.7 Å². The standard InChI is InChI=1S/C37H67NO12S/c1-3-5-7-9-11-13-14-15-16-18-20-22-24-26-31(41)36(44)38-29(30(40)25-23-21-19-17-12-10-8-6-4-2)28-48-37-34(43)35(50-51(45,46)47)33(42)32(27-39)49-37/h4,6,12,17,23,25,29-35,37,39-43H,3,5,7-11,13-16,18-22,24,26-28H2,1-2H3,(H,38,44)(H,45,46,47)/b6-4+,17-12+,25-23+. The zero-order valence-electron chi connectivity index (χ0n) is 30.8. The van der Waals surface area contributed by atoms with Crippen molar-refractivity contribution in [3.05, 3.63) is 36.5 Å². The van der Waals surface area contributed by atoms with E-state index in [0.717, 1.165) is 38.5 Å². The van der Waals surface area contributed by atoms with Crippen LogP contribution in [0.3, 0.4) is 0 Å². The second-order valence-corrected chi connectivity index (χ2v) is 14.4. The number of ether oxygens (including phenoxy) is 2. The summed E-state index contributed by atoms with van der Waals surface area (Å²) in [5.41, 5.74) is 0. The molecule has 1 heterocycles. The Morgan fingerprint density at radius 2 is 1.35 bits per heavy atom. The molecule has 1 saturated heterocycles. The van der Waals surface area contributed by atoms with Crippen LogP contribution >= 0.6 is 0 Å². The number of nitrogens with one attached hydrogen (secondary N) is 1. The number of hydrogen-bond acceptors (Lipinski definition) is 11. The maximum absolute atomic E-state index is 13.0. The molecule has 0 aromatic heterocycles. The Balaban J connectivity index is 2.70. The number of carbonyl (C=O) groups is 1. The number of amides is 1. The first kappa shape index (κ1) is 47.3. The predicted octanol–water partition coefficient (Wildman–Crippen LogP) is 4.57. The molecule has 1 fully saturated rings. The van der Waals surface area contributed by atoms with Crippen molar-refractivity contribution >= 4 is 16.3 Å². The van der Waals surface area contributed by atoms with E-state index in [4.69, 9.17) is 14.0 Å². The van der Waals surface area contributed by atoms with Gasteiger partial charge in [0.05, 0.1) is 25.4 Å². The molecule has 1 rings (SSSR count). The molecule has 1 aliphatic heterocycles. The smallest absolute Gasteiger partial charge is 0.394 e. The zero-order valence-corrected chi connectivity index (χ0v) is 31.6. The third-order valence-corrected chi connectivity index (χ3v) is 9.32. The van der Waals surface area contributed by atoms with Gasteiger partial charge in [-0.3, -0.25) is 9.35 Å². The highest BCUT2D eigenvalue weighted by atomic mass is 32.3. The fourth-order valence-electron chi connectivity index (χ4n) is 5.79. The fraction of sp³-hybridized carbons (Fsp3) is 0.811. The molecule has 7 N–H and O–H groups in total. The first-order valence-electron chi connectivity index (χ1n) is 18.9. The third kappa shape index (κ3) is 22.2. The number of aliphatic hydroxyl groups excluding tert-OH is 5. The van der Waals surface area contributed by atoms with Crippen LogP contribution in [-0.4, -0.2) is 107 Å². The monoisotopic (exact) mass is 749 g/mol. The van der Waals surface area contributed by atoms with Crippen molar-refractivity contribution in [2.75, 3.05) is 13.2 Å². The van der Waals surface area contributed by atoms with E-state index in [2.05, 4.69) is 28.6 Å². The van der Waals surface area contributed by atoms with E-state index in [-0.39, 0.29) is 6.42 Å². The quantitative estimate of drug-likeness (QED) is 0.0306. The van der Waals surface area contributed by atoms with Crippen LogP contribution in [0, 0.1) is 0 Å². The molecule has 0 aliphatic carbocycles. The molecule has 8 atom stereocenters. The lowest BCUT2D eigenvalue weighted by Crippen LogP contribution is -2.61. The normalized spacial score (nSPS) is 23.3. The molecule has 0 radical (unpaired) electrons. The molecule has 1 amide bonds. The van der Waals surface area contributed by atoms with Gasteiger partial charge in [-0.25, -0.2) is 4.18 Å². The molecule has 0 spiro atoms. The second-order valence-electron chi connectivity index (χ2n) is 13.3. The number of hydrogen-bond donors (Lipinski definition) is 7. The first-order valence-corrected chi connectivity index (χ1v) is 20.3. The van der Waals surface area contributed by atoms with Crippen molar-refractivity contribution in [2.45, 2.75) is 178 Å². The van der Waals surface area contributed by atoms with E-state index >= 15 is 0 Å². The van der Waals surface area contributed by atoms with Gasteiger partial charge in [-0.05, 0) is 39.0 Å². The predicted molar refractivity (Wildman–Crippen MR) is 196 cm³/mol. The summed E-state index contributed by atoms with van der Waals surface area (Å²) in [5, 5.41) is 54.7. The fourth-order valence-corrected chi connectivity index (χ4v) is 6.30. The highest BCUT2D eigenvalue weighted by Gasteiger charge is 2.48. The van der Waals surface area contributed by atoms with Gasteiger partial charge in [0, 0.05) is 0 Å². The van der Waals surface area contributed by atoms with E-state index in [0.29, 0.717) is 12.8 Å². The van der Waals surface area contributed by atoms with Gasteiger partial charge in [-0.1, -0.05) is 127 Å². The van der Waals surface area contributed by atoms with E-state index in [1.165, 1.54) is 63.9 Å². The van der Waals surface area contributed by atoms with E-state index in [1.54, 1.807) is 6.08 Å². The molecule has 1 aliphatic rings. The Bertz CT molecular complexity index is 1090. The lowest BCUT2D eigenvalue weighted by Gasteiger charge is -2.41. The molecule has 8 unspecified atom stereocenters. The van der Waals surface area contributed by atoms with Crippen LogP contribution < -0.4 is 5.32 Å². The van der Waals surface area contributed by atoms with Gasteiger partial charge in [-0.2, -0.15) is 8.42 Å². The van der Waals surface area contributed by atoms with Crippen LogP contribution in [0.4, 0.5) is 0 Å². The molecule has 0 bridgehead atoms. The van der Waals surface area contributed by atoms with Crippen LogP contribution in [0.5, 0.6) is 0 Å². The van der Waals surface area contributed by atoms with Gasteiger partial charge in [0.2, 0.25) is 5.91 Å². The summed E-state index contributed by atoms with van der Waals surface area (Å²) in [5.74, 6) is -0.722. The maximum atomic E-state index is 13.0. The van der Waals surface area contributed by atoms with E-state index < -0.39 is 78.5 Å². The summed E-state index contributed by atoms with van der Waals surface area (Å²) in [6.45, 7) is 2.90. The van der Waals surface area contributed by atoms with Crippen molar-refractivity contribution in [3.63, 3.8) is 0 Å². The topological polar surface area (TPSA) is 212 Å². The van der Waals surface area contributed by atoms with Gasteiger partial charge in [0.25, 0.3) is 0 Å². The first-order chi connectivity index (χ1) is 24.4. The van der Waals surface area contributed by atoms with Crippen LogP contribution in [0.2, 0.25) is 0 Å². The van der Waals surface area contributed by atoms with Gasteiger partial charge in [-0.15, -0.1) is 0 Å². The summed E-state index contributed by atoms with van der Waals surface area (Å²) in [4.78, 5) is 13.0. The highest BCUT2D eigenvalue weighted by Crippen LogP contribution is 2.26. The van der Waals surface area contributed by atoms with Crippen molar-refractivity contribution in [1.29, 1.82) is 0 Å². The highest BCUT2D eigenvalue weighted by molar-refractivity contribution is 7.80. The van der Waals surface area contributed by atoms with Crippen molar-refractivity contribution < 1.29 is 57.0 Å². The molecule has 298 valence electrons.